The number of fused-ring (bicyclic) bond motifs is 1. The first-order chi connectivity index (χ1) is 12.2. The molecule has 7 heteroatoms. The molecule has 0 aliphatic heterocycles. The summed E-state index contributed by atoms with van der Waals surface area (Å²) in [5, 5.41) is 3.06. The molecule has 1 heterocycles. The Bertz CT molecular complexity index is 672. The zero-order valence-electron chi connectivity index (χ0n) is 14.9. The van der Waals surface area contributed by atoms with E-state index in [-0.39, 0.29) is 12.9 Å². The monoisotopic (exact) mass is 347 g/mol. The van der Waals surface area contributed by atoms with Crippen molar-refractivity contribution in [1.29, 1.82) is 0 Å². The molecule has 25 heavy (non-hydrogen) atoms. The number of nitrogens with zero attached hydrogens (tertiary/aromatic N) is 1. The number of para-hydroxylation sites is 2. The van der Waals surface area contributed by atoms with Gasteiger partial charge in [0.15, 0.2) is 6.29 Å². The van der Waals surface area contributed by atoms with Gasteiger partial charge in [0.05, 0.1) is 24.2 Å². The fourth-order valence-corrected chi connectivity index (χ4v) is 2.31. The molecule has 0 saturated carbocycles. The lowest BCUT2D eigenvalue weighted by Crippen LogP contribution is -2.29. The lowest BCUT2D eigenvalue weighted by molar-refractivity contribution is -0.136. The number of carbonyl (C=O) groups excluding carboxylic acids is 1. The van der Waals surface area contributed by atoms with Crippen LogP contribution in [0.4, 0.5) is 0 Å². The van der Waals surface area contributed by atoms with Crippen LogP contribution in [-0.2, 0) is 19.0 Å². The minimum Gasteiger partial charge on any atom is -0.462 e. The van der Waals surface area contributed by atoms with Gasteiger partial charge >= 0.3 is 5.97 Å². The van der Waals surface area contributed by atoms with Crippen LogP contribution in [0.1, 0.15) is 26.6 Å². The van der Waals surface area contributed by atoms with Gasteiger partial charge in [0, 0.05) is 19.4 Å². The van der Waals surface area contributed by atoms with Gasteiger partial charge in [0.25, 0.3) is 0 Å². The van der Waals surface area contributed by atoms with E-state index in [9.17, 15) is 4.79 Å². The second-order valence-electron chi connectivity index (χ2n) is 5.13. The smallest absolute Gasteiger partial charge is 0.343 e. The van der Waals surface area contributed by atoms with Gasteiger partial charge in [0.1, 0.15) is 11.4 Å². The normalized spacial score (nSPS) is 11.9. The predicted octanol–water partition coefficient (Wildman–Crippen LogP) is 2.46. The number of H-pyrrole nitrogens is 1. The number of hydrogen-bond donors (Lipinski definition) is 2. The maximum absolute atomic E-state index is 12.3. The number of ether oxygens (including phenoxy) is 3. The van der Waals surface area contributed by atoms with Gasteiger partial charge in [-0.2, -0.15) is 0 Å². The van der Waals surface area contributed by atoms with Crippen LogP contribution in [0.3, 0.4) is 0 Å². The molecule has 136 valence electrons. The molecule has 0 radical (unpaired) electrons. The topological polar surface area (TPSA) is 85.5 Å². The second kappa shape index (κ2) is 9.80. The van der Waals surface area contributed by atoms with Crippen LogP contribution in [0.15, 0.2) is 30.5 Å². The zero-order valence-corrected chi connectivity index (χ0v) is 14.9. The van der Waals surface area contributed by atoms with Gasteiger partial charge in [-0.25, -0.2) is 9.78 Å². The molecular formula is C18H25N3O4. The molecule has 0 fully saturated rings. The second-order valence-corrected chi connectivity index (χ2v) is 5.13. The number of hydrogen-bond acceptors (Lipinski definition) is 6. The molecule has 7 nitrogen and oxygen atoms in total. The highest BCUT2D eigenvalue weighted by atomic mass is 16.7. The Morgan fingerprint density at radius 1 is 1.20 bits per heavy atom. The molecule has 2 N–H and O–H groups in total. The van der Waals surface area contributed by atoms with E-state index in [1.54, 1.807) is 13.1 Å². The lowest BCUT2D eigenvalue weighted by atomic mass is 10.2. The molecule has 0 aliphatic rings. The molecule has 0 atom stereocenters. The maximum atomic E-state index is 12.3. The van der Waals surface area contributed by atoms with Crippen molar-refractivity contribution in [3.05, 3.63) is 36.3 Å². The van der Waals surface area contributed by atoms with Crippen LogP contribution in [0.2, 0.25) is 0 Å². The third-order valence-corrected chi connectivity index (χ3v) is 3.38. The van der Waals surface area contributed by atoms with E-state index in [1.807, 2.05) is 38.1 Å². The van der Waals surface area contributed by atoms with Gasteiger partial charge < -0.3 is 24.5 Å². The van der Waals surface area contributed by atoms with E-state index < -0.39 is 5.97 Å². The number of carbonyl (C=O) groups is 1. The number of rotatable bonds is 10. The molecule has 0 aliphatic carbocycles. The number of aromatic amines is 1. The van der Waals surface area contributed by atoms with Crippen molar-refractivity contribution in [2.75, 3.05) is 26.4 Å². The van der Waals surface area contributed by atoms with Gasteiger partial charge in [-0.3, -0.25) is 0 Å². The number of imidazole rings is 1. The van der Waals surface area contributed by atoms with Crippen LogP contribution in [0.5, 0.6) is 0 Å². The molecular weight excluding hydrogens is 322 g/mol. The predicted molar refractivity (Wildman–Crippen MR) is 95.7 cm³/mol. The molecule has 2 aromatic rings. The standard InChI is InChI=1S/C18H25N3O4/c1-4-23-16(24-5-2)12-19-11-13(18(22)25-6-3)17-20-14-9-7-8-10-15(14)21-17/h7-11,16,19H,4-6,12H2,1-3H3,(H,20,21). The minimum atomic E-state index is -0.446. The van der Waals surface area contributed by atoms with Crippen molar-refractivity contribution in [2.45, 2.75) is 27.1 Å². The molecule has 0 unspecified atom stereocenters. The van der Waals surface area contributed by atoms with E-state index in [0.717, 1.165) is 11.0 Å². The first-order valence-corrected chi connectivity index (χ1v) is 8.48. The zero-order chi connectivity index (χ0) is 18.1. The van der Waals surface area contributed by atoms with Crippen LogP contribution >= 0.6 is 0 Å². The molecule has 0 amide bonds. The van der Waals surface area contributed by atoms with Crippen LogP contribution in [0.25, 0.3) is 16.6 Å². The number of nitrogens with one attached hydrogen (secondary N) is 2. The molecule has 0 spiro atoms. The van der Waals surface area contributed by atoms with E-state index in [2.05, 4.69) is 15.3 Å². The summed E-state index contributed by atoms with van der Waals surface area (Å²) >= 11 is 0. The highest BCUT2D eigenvalue weighted by molar-refractivity contribution is 6.15. The average molecular weight is 347 g/mol. The van der Waals surface area contributed by atoms with Crippen molar-refractivity contribution in [2.24, 2.45) is 0 Å². The van der Waals surface area contributed by atoms with Crippen molar-refractivity contribution in [3.8, 4) is 0 Å². The average Bonchev–Trinajstić information content (AvgIpc) is 3.02. The Kier molecular flexibility index (Phi) is 7.43. The first kappa shape index (κ1) is 19.0. The summed E-state index contributed by atoms with van der Waals surface area (Å²) in [7, 11) is 0. The summed E-state index contributed by atoms with van der Waals surface area (Å²) in [5.74, 6) is 0.00921. The SMILES string of the molecule is CCOC(=O)C(=CNCC(OCC)OCC)c1nc2ccccc2[nH]1. The molecule has 0 bridgehead atoms. The maximum Gasteiger partial charge on any atom is 0.343 e. The highest BCUT2D eigenvalue weighted by Gasteiger charge is 2.17. The molecule has 1 aromatic carbocycles. The van der Waals surface area contributed by atoms with E-state index in [1.165, 1.54) is 0 Å². The van der Waals surface area contributed by atoms with Gasteiger partial charge in [-0.05, 0) is 32.9 Å². The third kappa shape index (κ3) is 5.30. The van der Waals surface area contributed by atoms with Crippen molar-refractivity contribution >= 4 is 22.6 Å². The summed E-state index contributed by atoms with van der Waals surface area (Å²) in [6.45, 7) is 7.36. The summed E-state index contributed by atoms with van der Waals surface area (Å²) in [4.78, 5) is 19.9. The van der Waals surface area contributed by atoms with E-state index in [4.69, 9.17) is 14.2 Å². The number of aromatic nitrogens is 2. The first-order valence-electron chi connectivity index (χ1n) is 8.48. The van der Waals surface area contributed by atoms with E-state index >= 15 is 0 Å². The Labute approximate surface area is 147 Å². The Hall–Kier alpha value is -2.38. The summed E-state index contributed by atoms with van der Waals surface area (Å²) in [5.41, 5.74) is 1.97. The fraction of sp³-hybridized carbons (Fsp3) is 0.444. The van der Waals surface area contributed by atoms with Crippen LogP contribution in [0, 0.1) is 0 Å². The molecule has 2 rings (SSSR count). The van der Waals surface area contributed by atoms with Crippen LogP contribution < -0.4 is 5.32 Å². The van der Waals surface area contributed by atoms with Crippen molar-refractivity contribution in [1.82, 2.24) is 15.3 Å². The van der Waals surface area contributed by atoms with Crippen LogP contribution in [-0.4, -0.2) is 48.6 Å². The Morgan fingerprint density at radius 3 is 2.56 bits per heavy atom. The van der Waals surface area contributed by atoms with Gasteiger partial charge in [0.2, 0.25) is 0 Å². The largest absolute Gasteiger partial charge is 0.462 e. The Morgan fingerprint density at radius 2 is 1.92 bits per heavy atom. The number of esters is 1. The highest BCUT2D eigenvalue weighted by Crippen LogP contribution is 2.17. The van der Waals surface area contributed by atoms with Gasteiger partial charge in [-0.1, -0.05) is 12.1 Å². The number of benzene rings is 1. The van der Waals surface area contributed by atoms with E-state index in [0.29, 0.717) is 31.2 Å². The quantitative estimate of drug-likeness (QED) is 0.390. The van der Waals surface area contributed by atoms with Gasteiger partial charge in [-0.15, -0.1) is 0 Å². The van der Waals surface area contributed by atoms with Crippen molar-refractivity contribution in [3.63, 3.8) is 0 Å². The van der Waals surface area contributed by atoms with Crippen molar-refractivity contribution < 1.29 is 19.0 Å². The molecule has 0 saturated heterocycles. The Balaban J connectivity index is 2.18. The summed E-state index contributed by atoms with van der Waals surface area (Å²) < 4.78 is 16.1. The molecule has 1 aromatic heterocycles. The third-order valence-electron chi connectivity index (χ3n) is 3.38. The fourth-order valence-electron chi connectivity index (χ4n) is 2.31. The minimum absolute atomic E-state index is 0.289. The summed E-state index contributed by atoms with van der Waals surface area (Å²) in [6.07, 6.45) is 1.20. The summed E-state index contributed by atoms with van der Waals surface area (Å²) in [6, 6.07) is 7.59. The lowest BCUT2D eigenvalue weighted by Gasteiger charge is -2.17.